The first kappa shape index (κ1) is 15.9. The summed E-state index contributed by atoms with van der Waals surface area (Å²) in [6.45, 7) is 16.7. The molecule has 2 nitrogen and oxygen atoms in total. The van der Waals surface area contributed by atoms with Gasteiger partial charge in [0.25, 0.3) is 0 Å². The van der Waals surface area contributed by atoms with Crippen LogP contribution in [0.2, 0.25) is 0 Å². The fourth-order valence-corrected chi connectivity index (χ4v) is 2.29. The summed E-state index contributed by atoms with van der Waals surface area (Å²) in [7, 11) is 0. The molecule has 0 spiro atoms. The molecular weight excluding hydrogens is 196 g/mol. The molecule has 0 fully saturated rings. The van der Waals surface area contributed by atoms with Gasteiger partial charge in [0.2, 0.25) is 0 Å². The highest BCUT2D eigenvalue weighted by atomic mass is 15.0. The van der Waals surface area contributed by atoms with Crippen LogP contribution in [-0.4, -0.2) is 18.1 Å². The zero-order chi connectivity index (χ0) is 13.0. The Bertz CT molecular complexity index is 191. The molecule has 98 valence electrons. The van der Waals surface area contributed by atoms with E-state index in [4.69, 9.17) is 5.73 Å². The van der Waals surface area contributed by atoms with Crippen molar-refractivity contribution in [2.45, 2.75) is 72.9 Å². The van der Waals surface area contributed by atoms with Gasteiger partial charge < -0.3 is 11.1 Å². The van der Waals surface area contributed by atoms with Crippen LogP contribution in [0.5, 0.6) is 0 Å². The minimum Gasteiger partial charge on any atom is -0.326 e. The summed E-state index contributed by atoms with van der Waals surface area (Å²) in [5, 5.41) is 3.61. The topological polar surface area (TPSA) is 38.0 Å². The smallest absolute Gasteiger partial charge is 0.0191 e. The van der Waals surface area contributed by atoms with E-state index >= 15 is 0 Å². The van der Waals surface area contributed by atoms with Crippen molar-refractivity contribution in [2.75, 3.05) is 6.54 Å². The van der Waals surface area contributed by atoms with Gasteiger partial charge in [0.15, 0.2) is 0 Å². The molecule has 0 saturated heterocycles. The Hall–Kier alpha value is -0.0800. The van der Waals surface area contributed by atoms with Crippen molar-refractivity contribution in [2.24, 2.45) is 17.1 Å². The van der Waals surface area contributed by atoms with E-state index in [1.54, 1.807) is 0 Å². The van der Waals surface area contributed by atoms with Crippen molar-refractivity contribution in [3.8, 4) is 0 Å². The monoisotopic (exact) mass is 228 g/mol. The third-order valence-electron chi connectivity index (χ3n) is 3.16. The molecule has 16 heavy (non-hydrogen) atoms. The number of nitrogens with two attached hydrogens (primary N) is 1. The summed E-state index contributed by atoms with van der Waals surface area (Å²) in [5.74, 6) is 0.595. The van der Waals surface area contributed by atoms with Gasteiger partial charge in [-0.3, -0.25) is 0 Å². The first-order valence-electron chi connectivity index (χ1n) is 6.58. The van der Waals surface area contributed by atoms with Gasteiger partial charge in [-0.15, -0.1) is 0 Å². The molecule has 0 aromatic carbocycles. The van der Waals surface area contributed by atoms with Crippen molar-refractivity contribution in [3.05, 3.63) is 0 Å². The van der Waals surface area contributed by atoms with Gasteiger partial charge in [-0.2, -0.15) is 0 Å². The molecule has 0 aromatic rings. The highest BCUT2D eigenvalue weighted by molar-refractivity contribution is 4.85. The van der Waals surface area contributed by atoms with Crippen LogP contribution in [0.25, 0.3) is 0 Å². The van der Waals surface area contributed by atoms with Gasteiger partial charge in [0.05, 0.1) is 0 Å². The molecule has 0 heterocycles. The highest BCUT2D eigenvalue weighted by Gasteiger charge is 2.25. The summed E-state index contributed by atoms with van der Waals surface area (Å²) in [5.41, 5.74) is 6.66. The van der Waals surface area contributed by atoms with Crippen LogP contribution >= 0.6 is 0 Å². The van der Waals surface area contributed by atoms with Crippen molar-refractivity contribution < 1.29 is 0 Å². The molecule has 2 heteroatoms. The molecule has 0 aliphatic rings. The zero-order valence-electron chi connectivity index (χ0n) is 12.4. The van der Waals surface area contributed by atoms with Crippen molar-refractivity contribution >= 4 is 0 Å². The summed E-state index contributed by atoms with van der Waals surface area (Å²) < 4.78 is 0. The van der Waals surface area contributed by atoms with Gasteiger partial charge in [-0.25, -0.2) is 0 Å². The summed E-state index contributed by atoms with van der Waals surface area (Å²) >= 11 is 0. The van der Waals surface area contributed by atoms with E-state index in [9.17, 15) is 0 Å². The molecule has 0 aliphatic heterocycles. The van der Waals surface area contributed by atoms with E-state index in [0.717, 1.165) is 19.4 Å². The quantitative estimate of drug-likeness (QED) is 0.733. The Morgan fingerprint density at radius 2 is 1.62 bits per heavy atom. The van der Waals surface area contributed by atoms with Crippen molar-refractivity contribution in [1.82, 2.24) is 5.32 Å². The molecule has 0 saturated carbocycles. The van der Waals surface area contributed by atoms with E-state index in [0.29, 0.717) is 11.3 Å². The first-order valence-corrected chi connectivity index (χ1v) is 6.58. The molecular formula is C14H32N2. The third-order valence-corrected chi connectivity index (χ3v) is 3.16. The number of rotatable bonds is 6. The fourth-order valence-electron chi connectivity index (χ4n) is 2.29. The Morgan fingerprint density at radius 1 is 1.12 bits per heavy atom. The Morgan fingerprint density at radius 3 is 2.00 bits per heavy atom. The molecule has 2 unspecified atom stereocenters. The van der Waals surface area contributed by atoms with Crippen molar-refractivity contribution in [1.29, 1.82) is 0 Å². The van der Waals surface area contributed by atoms with Gasteiger partial charge in [0.1, 0.15) is 0 Å². The lowest BCUT2D eigenvalue weighted by molar-refractivity contribution is 0.232. The summed E-state index contributed by atoms with van der Waals surface area (Å²) in [6, 6.07) is 0.268. The maximum absolute atomic E-state index is 6.14. The van der Waals surface area contributed by atoms with Crippen LogP contribution in [0.4, 0.5) is 0 Å². The van der Waals surface area contributed by atoms with E-state index in [1.165, 1.54) is 0 Å². The average Bonchev–Trinajstić information content (AvgIpc) is 2.09. The minimum atomic E-state index is 0.170. The first-order chi connectivity index (χ1) is 7.07. The largest absolute Gasteiger partial charge is 0.326 e. The maximum atomic E-state index is 6.14. The van der Waals surface area contributed by atoms with Gasteiger partial charge in [-0.05, 0) is 31.6 Å². The standard InChI is InChI=1S/C14H32N2/c1-8-11(2)12(15)9-16-14(6,7)10-13(3,4)5/h11-12,16H,8-10,15H2,1-7H3. The Kier molecular flexibility index (Phi) is 5.99. The molecule has 2 atom stereocenters. The lowest BCUT2D eigenvalue weighted by Crippen LogP contribution is -2.49. The van der Waals surface area contributed by atoms with Crippen LogP contribution < -0.4 is 11.1 Å². The average molecular weight is 228 g/mol. The number of hydrogen-bond donors (Lipinski definition) is 2. The summed E-state index contributed by atoms with van der Waals surface area (Å²) in [4.78, 5) is 0. The third kappa shape index (κ3) is 7.24. The fraction of sp³-hybridized carbons (Fsp3) is 1.00. The molecule has 0 rings (SSSR count). The highest BCUT2D eigenvalue weighted by Crippen LogP contribution is 2.26. The predicted molar refractivity (Wildman–Crippen MR) is 73.6 cm³/mol. The van der Waals surface area contributed by atoms with Crippen LogP contribution in [0.15, 0.2) is 0 Å². The van der Waals surface area contributed by atoms with Crippen LogP contribution in [-0.2, 0) is 0 Å². The molecule has 0 bridgehead atoms. The second-order valence-electron chi connectivity index (χ2n) is 7.05. The second-order valence-corrected chi connectivity index (χ2v) is 7.05. The van der Waals surface area contributed by atoms with E-state index in [1.807, 2.05) is 0 Å². The minimum absolute atomic E-state index is 0.170. The molecule has 0 aliphatic carbocycles. The summed E-state index contributed by atoms with van der Waals surface area (Å²) in [6.07, 6.45) is 2.32. The SMILES string of the molecule is CCC(C)C(N)CNC(C)(C)CC(C)(C)C. The lowest BCUT2D eigenvalue weighted by Gasteiger charge is -2.35. The molecule has 3 N–H and O–H groups in total. The van der Waals surface area contributed by atoms with Crippen molar-refractivity contribution in [3.63, 3.8) is 0 Å². The molecule has 0 aromatic heterocycles. The second kappa shape index (κ2) is 6.02. The maximum Gasteiger partial charge on any atom is 0.0191 e. The molecule has 0 radical (unpaired) electrons. The van der Waals surface area contributed by atoms with Crippen LogP contribution in [0, 0.1) is 11.3 Å². The number of nitrogens with one attached hydrogen (secondary N) is 1. The zero-order valence-corrected chi connectivity index (χ0v) is 12.4. The van der Waals surface area contributed by atoms with Crippen LogP contribution in [0.3, 0.4) is 0 Å². The van der Waals surface area contributed by atoms with Gasteiger partial charge >= 0.3 is 0 Å². The van der Waals surface area contributed by atoms with Gasteiger partial charge in [-0.1, -0.05) is 41.0 Å². The van der Waals surface area contributed by atoms with Gasteiger partial charge in [0, 0.05) is 18.1 Å². The lowest BCUT2D eigenvalue weighted by atomic mass is 9.81. The predicted octanol–water partition coefficient (Wildman–Crippen LogP) is 3.16. The van der Waals surface area contributed by atoms with E-state index in [-0.39, 0.29) is 11.6 Å². The van der Waals surface area contributed by atoms with Crippen LogP contribution in [0.1, 0.15) is 61.3 Å². The Balaban J connectivity index is 4.08. The van der Waals surface area contributed by atoms with E-state index < -0.39 is 0 Å². The molecule has 0 amide bonds. The Labute approximate surface area is 102 Å². The normalized spacial score (nSPS) is 17.2. The number of hydrogen-bond acceptors (Lipinski definition) is 2. The van der Waals surface area contributed by atoms with E-state index in [2.05, 4.69) is 53.8 Å².